The molecule has 0 bridgehead atoms. The summed E-state index contributed by atoms with van der Waals surface area (Å²) < 4.78 is 6.49. The van der Waals surface area contributed by atoms with E-state index in [1.54, 1.807) is 0 Å². The van der Waals surface area contributed by atoms with Crippen LogP contribution in [0.3, 0.4) is 0 Å². The van der Waals surface area contributed by atoms with Crippen LogP contribution >= 0.6 is 0 Å². The second kappa shape index (κ2) is 6.86. The van der Waals surface area contributed by atoms with Crippen LogP contribution < -0.4 is 0 Å². The van der Waals surface area contributed by atoms with E-state index in [0.717, 1.165) is 5.56 Å². The molecule has 0 amide bonds. The molecule has 1 rings (SSSR count). The molecule has 0 aliphatic rings. The highest BCUT2D eigenvalue weighted by molar-refractivity contribution is 6.74. The smallest absolute Gasteiger partial charge is 0.192 e. The van der Waals surface area contributed by atoms with Crippen LogP contribution in [0.5, 0.6) is 0 Å². The first-order chi connectivity index (χ1) is 9.90. The van der Waals surface area contributed by atoms with Crippen molar-refractivity contribution in [1.82, 2.24) is 0 Å². The first kappa shape index (κ1) is 19.4. The van der Waals surface area contributed by atoms with Gasteiger partial charge in [-0.3, -0.25) is 0 Å². The third kappa shape index (κ3) is 4.43. The largest absolute Gasteiger partial charge is 0.411 e. The van der Waals surface area contributed by atoms with Crippen molar-refractivity contribution in [3.63, 3.8) is 0 Å². The Morgan fingerprint density at radius 3 is 1.95 bits per heavy atom. The van der Waals surface area contributed by atoms with E-state index < -0.39 is 13.9 Å². The van der Waals surface area contributed by atoms with Gasteiger partial charge in [0.1, 0.15) is 0 Å². The lowest BCUT2D eigenvalue weighted by Crippen LogP contribution is -2.54. The Morgan fingerprint density at radius 1 is 1.05 bits per heavy atom. The minimum Gasteiger partial charge on any atom is -0.411 e. The molecule has 0 saturated heterocycles. The molecule has 1 N–H and O–H groups in total. The van der Waals surface area contributed by atoms with Crippen molar-refractivity contribution < 1.29 is 9.53 Å². The van der Waals surface area contributed by atoms with Gasteiger partial charge in [0.2, 0.25) is 0 Å². The van der Waals surface area contributed by atoms with Crippen molar-refractivity contribution in [2.24, 2.45) is 5.92 Å². The van der Waals surface area contributed by atoms with E-state index in [4.69, 9.17) is 4.43 Å². The lowest BCUT2D eigenvalue weighted by molar-refractivity contribution is -0.0907. The maximum Gasteiger partial charge on any atom is 0.192 e. The van der Waals surface area contributed by atoms with Gasteiger partial charge in [-0.15, -0.1) is 0 Å². The molecule has 0 aromatic heterocycles. The van der Waals surface area contributed by atoms with E-state index in [9.17, 15) is 5.11 Å². The fourth-order valence-corrected chi connectivity index (χ4v) is 3.90. The fourth-order valence-electron chi connectivity index (χ4n) is 2.46. The molecule has 2 nitrogen and oxygen atoms in total. The van der Waals surface area contributed by atoms with Gasteiger partial charge in [0.25, 0.3) is 0 Å². The van der Waals surface area contributed by atoms with Crippen LogP contribution in [0.2, 0.25) is 18.1 Å². The molecule has 22 heavy (non-hydrogen) atoms. The molecule has 1 aromatic rings. The Morgan fingerprint density at radius 2 is 1.55 bits per heavy atom. The summed E-state index contributed by atoms with van der Waals surface area (Å²) in [5.41, 5.74) is 0.307. The minimum atomic E-state index is -1.90. The fraction of sp³-hybridized carbons (Fsp3) is 0.684. The van der Waals surface area contributed by atoms with E-state index in [-0.39, 0.29) is 17.1 Å². The second-order valence-electron chi connectivity index (χ2n) is 8.33. The first-order valence-electron chi connectivity index (χ1n) is 8.34. The van der Waals surface area contributed by atoms with E-state index in [2.05, 4.69) is 59.8 Å². The highest BCUT2D eigenvalue weighted by Gasteiger charge is 2.45. The number of benzene rings is 1. The molecular formula is C19H34O2Si. The molecule has 0 saturated carbocycles. The van der Waals surface area contributed by atoms with Gasteiger partial charge >= 0.3 is 0 Å². The molecule has 3 heteroatoms. The molecule has 0 unspecified atom stereocenters. The number of hydrogen-bond acceptors (Lipinski definition) is 2. The lowest BCUT2D eigenvalue weighted by atomic mass is 9.80. The molecule has 0 heterocycles. The van der Waals surface area contributed by atoms with Gasteiger partial charge in [0, 0.05) is 6.42 Å². The Balaban J connectivity index is 2.99. The van der Waals surface area contributed by atoms with Gasteiger partial charge in [-0.25, -0.2) is 0 Å². The third-order valence-electron chi connectivity index (χ3n) is 5.31. The van der Waals surface area contributed by atoms with Gasteiger partial charge in [-0.1, -0.05) is 65.0 Å². The van der Waals surface area contributed by atoms with E-state index in [0.29, 0.717) is 6.42 Å². The quantitative estimate of drug-likeness (QED) is 0.745. The van der Waals surface area contributed by atoms with Crippen molar-refractivity contribution in [2.45, 2.75) is 77.8 Å². The van der Waals surface area contributed by atoms with Crippen LogP contribution in [0.15, 0.2) is 30.3 Å². The Kier molecular flexibility index (Phi) is 6.05. The van der Waals surface area contributed by atoms with Gasteiger partial charge in [0.15, 0.2) is 8.32 Å². The Bertz CT molecular complexity index is 462. The number of aliphatic hydroxyl groups is 1. The average Bonchev–Trinajstić information content (AvgIpc) is 2.37. The van der Waals surface area contributed by atoms with E-state index in [1.165, 1.54) is 0 Å². The average molecular weight is 323 g/mol. The van der Waals surface area contributed by atoms with Crippen LogP contribution in [0.4, 0.5) is 0 Å². The SMILES string of the molecule is CC(C)[C@](O)(Cc1ccccc1)[C@H](C)O[Si](C)(C)C(C)(C)C. The summed E-state index contributed by atoms with van der Waals surface area (Å²) in [5, 5.41) is 11.5. The van der Waals surface area contributed by atoms with Crippen LogP contribution in [-0.4, -0.2) is 25.1 Å². The van der Waals surface area contributed by atoms with Crippen molar-refractivity contribution in [3.8, 4) is 0 Å². The highest BCUT2D eigenvalue weighted by atomic mass is 28.4. The second-order valence-corrected chi connectivity index (χ2v) is 13.1. The summed E-state index contributed by atoms with van der Waals surface area (Å²) >= 11 is 0. The van der Waals surface area contributed by atoms with Crippen molar-refractivity contribution in [3.05, 3.63) is 35.9 Å². The molecule has 0 spiro atoms. The molecule has 0 fully saturated rings. The number of rotatable bonds is 6. The summed E-state index contributed by atoms with van der Waals surface area (Å²) in [6.07, 6.45) is 0.440. The zero-order valence-electron chi connectivity index (χ0n) is 15.6. The first-order valence-corrected chi connectivity index (χ1v) is 11.2. The maximum atomic E-state index is 11.3. The molecule has 0 radical (unpaired) electrons. The third-order valence-corrected chi connectivity index (χ3v) is 9.87. The van der Waals surface area contributed by atoms with Gasteiger partial charge in [-0.2, -0.15) is 0 Å². The minimum absolute atomic E-state index is 0.132. The molecule has 0 aliphatic heterocycles. The molecule has 2 atom stereocenters. The van der Waals surface area contributed by atoms with E-state index in [1.807, 2.05) is 25.1 Å². The molecular weight excluding hydrogens is 288 g/mol. The summed E-state index contributed by atoms with van der Waals surface area (Å²) in [5.74, 6) is 0.132. The Hall–Kier alpha value is -0.643. The normalized spacial score (nSPS) is 17.4. The van der Waals surface area contributed by atoms with Crippen LogP contribution in [-0.2, 0) is 10.8 Å². The van der Waals surface area contributed by atoms with Crippen molar-refractivity contribution >= 4 is 8.32 Å². The van der Waals surface area contributed by atoms with Gasteiger partial charge < -0.3 is 9.53 Å². The summed E-state index contributed by atoms with van der Waals surface area (Å²) in [7, 11) is -1.90. The summed E-state index contributed by atoms with van der Waals surface area (Å²) in [4.78, 5) is 0. The summed E-state index contributed by atoms with van der Waals surface area (Å²) in [6.45, 7) is 17.4. The van der Waals surface area contributed by atoms with Gasteiger partial charge in [-0.05, 0) is 36.5 Å². The predicted molar refractivity (Wildman–Crippen MR) is 97.7 cm³/mol. The zero-order chi connectivity index (χ0) is 17.2. The lowest BCUT2D eigenvalue weighted by Gasteiger charge is -2.45. The van der Waals surface area contributed by atoms with Crippen LogP contribution in [0.1, 0.15) is 47.1 Å². The van der Waals surface area contributed by atoms with E-state index >= 15 is 0 Å². The predicted octanol–water partition coefficient (Wildman–Crippen LogP) is 5.03. The molecule has 0 aliphatic carbocycles. The number of hydrogen-bond donors (Lipinski definition) is 1. The Labute approximate surface area is 138 Å². The summed E-state index contributed by atoms with van der Waals surface area (Å²) in [6, 6.07) is 10.2. The van der Waals surface area contributed by atoms with Gasteiger partial charge in [0.05, 0.1) is 11.7 Å². The van der Waals surface area contributed by atoms with Crippen molar-refractivity contribution in [2.75, 3.05) is 0 Å². The standard InChI is InChI=1S/C19H34O2Si/c1-15(2)19(20,14-17-12-10-9-11-13-17)16(3)21-22(7,8)18(4,5)6/h9-13,15-16,20H,14H2,1-8H3/t16-,19+/m0/s1. The van der Waals surface area contributed by atoms with Crippen LogP contribution in [0, 0.1) is 5.92 Å². The highest BCUT2D eigenvalue weighted by Crippen LogP contribution is 2.40. The maximum absolute atomic E-state index is 11.3. The zero-order valence-corrected chi connectivity index (χ0v) is 16.6. The van der Waals surface area contributed by atoms with Crippen LogP contribution in [0.25, 0.3) is 0 Å². The van der Waals surface area contributed by atoms with Crippen molar-refractivity contribution in [1.29, 1.82) is 0 Å². The molecule has 1 aromatic carbocycles. The molecule has 126 valence electrons. The monoisotopic (exact) mass is 322 g/mol. The topological polar surface area (TPSA) is 29.5 Å².